The van der Waals surface area contributed by atoms with Crippen LogP contribution in [-0.2, 0) is 25.9 Å². The number of hydrogen-bond acceptors (Lipinski definition) is 4. The topological polar surface area (TPSA) is 59.4 Å². The van der Waals surface area contributed by atoms with Crippen molar-refractivity contribution in [2.24, 2.45) is 0 Å². The third kappa shape index (κ3) is 4.07. The predicted octanol–water partition coefficient (Wildman–Crippen LogP) is 2.68. The molecule has 4 rings (SSSR count). The molecule has 1 aliphatic carbocycles. The zero-order valence-electron chi connectivity index (χ0n) is 15.6. The van der Waals surface area contributed by atoms with Crippen LogP contribution in [0.5, 0.6) is 5.75 Å². The van der Waals surface area contributed by atoms with Crippen LogP contribution < -0.4 is 15.2 Å². The normalized spacial score (nSPS) is 15.0. The number of ether oxygens (including phenoxy) is 1. The van der Waals surface area contributed by atoms with Gasteiger partial charge in [-0.2, -0.15) is 8.78 Å². The Bertz CT molecular complexity index is 1030. The lowest BCUT2D eigenvalue weighted by atomic mass is 9.97. The highest BCUT2D eigenvalue weighted by Crippen LogP contribution is 2.33. The molecule has 8 heteroatoms. The molecule has 3 aromatic rings. The first-order valence-electron chi connectivity index (χ1n) is 9.38. The summed E-state index contributed by atoms with van der Waals surface area (Å²) in [6.45, 7) is -1.57. The lowest BCUT2D eigenvalue weighted by molar-refractivity contribution is -0.908. The van der Waals surface area contributed by atoms with E-state index in [0.717, 1.165) is 39.9 Å². The van der Waals surface area contributed by atoms with E-state index in [9.17, 15) is 13.6 Å². The molecule has 0 amide bonds. The minimum Gasteiger partial charge on any atom is -0.435 e. The zero-order chi connectivity index (χ0) is 19.7. The van der Waals surface area contributed by atoms with E-state index in [1.165, 1.54) is 29.0 Å². The molecule has 2 N–H and O–H groups in total. The summed E-state index contributed by atoms with van der Waals surface area (Å²) in [7, 11) is 2.01. The van der Waals surface area contributed by atoms with Gasteiger partial charge in [-0.05, 0) is 55.5 Å². The van der Waals surface area contributed by atoms with E-state index in [0.29, 0.717) is 18.9 Å². The first-order chi connectivity index (χ1) is 13.5. The Morgan fingerprint density at radius 2 is 1.96 bits per heavy atom. The fraction of sp³-hybridized carbons (Fsp3) is 0.400. The number of aromatic amines is 1. The van der Waals surface area contributed by atoms with Crippen LogP contribution in [0.4, 0.5) is 8.78 Å². The summed E-state index contributed by atoms with van der Waals surface area (Å²) >= 11 is 1.65. The number of quaternary nitrogens is 1. The maximum Gasteiger partial charge on any atom is 0.387 e. The third-order valence-corrected chi connectivity index (χ3v) is 6.18. The lowest BCUT2D eigenvalue weighted by Gasteiger charge is -2.14. The van der Waals surface area contributed by atoms with Gasteiger partial charge in [0.25, 0.3) is 5.56 Å². The largest absolute Gasteiger partial charge is 0.435 e. The third-order valence-electron chi connectivity index (χ3n) is 5.00. The number of nitrogens with zero attached hydrogens (tertiary/aromatic N) is 1. The summed E-state index contributed by atoms with van der Waals surface area (Å²) in [4.78, 5) is 23.6. The van der Waals surface area contributed by atoms with Gasteiger partial charge >= 0.3 is 6.61 Å². The molecule has 28 heavy (non-hydrogen) atoms. The van der Waals surface area contributed by atoms with E-state index in [2.05, 4.69) is 9.72 Å². The fourth-order valence-electron chi connectivity index (χ4n) is 3.78. The van der Waals surface area contributed by atoms with Crippen LogP contribution >= 0.6 is 11.3 Å². The second-order valence-corrected chi connectivity index (χ2v) is 8.32. The number of fused-ring (bicyclic) bond motifs is 3. The van der Waals surface area contributed by atoms with Crippen molar-refractivity contribution in [3.8, 4) is 5.75 Å². The highest BCUT2D eigenvalue weighted by Gasteiger charge is 2.20. The summed E-state index contributed by atoms with van der Waals surface area (Å²) in [5.74, 6) is 0.820. The number of aryl methyl sites for hydroxylation is 2. The van der Waals surface area contributed by atoms with E-state index in [4.69, 9.17) is 4.98 Å². The van der Waals surface area contributed by atoms with Crippen LogP contribution in [0.25, 0.3) is 10.2 Å². The summed E-state index contributed by atoms with van der Waals surface area (Å²) < 4.78 is 28.8. The molecule has 1 aromatic carbocycles. The Balaban J connectivity index is 1.47. The number of rotatable bonds is 6. The van der Waals surface area contributed by atoms with E-state index in [-0.39, 0.29) is 11.3 Å². The molecule has 2 heterocycles. The number of H-pyrrole nitrogens is 1. The molecule has 5 nitrogen and oxygen atoms in total. The Morgan fingerprint density at radius 1 is 1.21 bits per heavy atom. The number of thiophene rings is 1. The maximum atomic E-state index is 12.6. The second-order valence-electron chi connectivity index (χ2n) is 7.24. The van der Waals surface area contributed by atoms with Gasteiger partial charge in [0.2, 0.25) is 0 Å². The molecule has 1 aliphatic rings. The predicted molar refractivity (Wildman–Crippen MR) is 104 cm³/mol. The molecule has 0 spiro atoms. The monoisotopic (exact) mass is 406 g/mol. The van der Waals surface area contributed by atoms with Crippen LogP contribution in [0.3, 0.4) is 0 Å². The van der Waals surface area contributed by atoms with Crippen LogP contribution in [0, 0.1) is 0 Å². The molecule has 0 saturated heterocycles. The highest BCUT2D eigenvalue weighted by atomic mass is 32.1. The average Bonchev–Trinajstić information content (AvgIpc) is 3.01. The number of hydrogen-bond donors (Lipinski definition) is 2. The van der Waals surface area contributed by atoms with Gasteiger partial charge in [-0.1, -0.05) is 0 Å². The van der Waals surface area contributed by atoms with Gasteiger partial charge in [0.1, 0.15) is 23.7 Å². The van der Waals surface area contributed by atoms with Crippen LogP contribution in [0.15, 0.2) is 29.1 Å². The minimum atomic E-state index is -2.82. The molecule has 0 aliphatic heterocycles. The van der Waals surface area contributed by atoms with E-state index in [1.807, 2.05) is 7.05 Å². The first-order valence-corrected chi connectivity index (χ1v) is 10.2. The highest BCUT2D eigenvalue weighted by molar-refractivity contribution is 7.18. The summed E-state index contributed by atoms with van der Waals surface area (Å²) in [5, 5.41) is 0.774. The number of halogens is 2. The fourth-order valence-corrected chi connectivity index (χ4v) is 5.06. The van der Waals surface area contributed by atoms with Gasteiger partial charge in [-0.25, -0.2) is 4.98 Å². The molecule has 0 bridgehead atoms. The van der Waals surface area contributed by atoms with Gasteiger partial charge in [-0.3, -0.25) is 4.79 Å². The molecule has 1 atom stereocenters. The van der Waals surface area contributed by atoms with Crippen LogP contribution in [0.1, 0.15) is 34.7 Å². The smallest absolute Gasteiger partial charge is 0.387 e. The van der Waals surface area contributed by atoms with Crippen molar-refractivity contribution in [2.45, 2.75) is 45.4 Å². The van der Waals surface area contributed by atoms with E-state index >= 15 is 0 Å². The Hall–Kier alpha value is -2.32. The van der Waals surface area contributed by atoms with Gasteiger partial charge in [-0.15, -0.1) is 11.3 Å². The molecule has 148 valence electrons. The molecule has 1 unspecified atom stereocenters. The molecular formula is C20H22F2N3O2S+. The first kappa shape index (κ1) is 19.0. The SMILES string of the molecule is C[NH+](Cc1ccc(OC(F)F)cc1)Cc1nc2sc3c(c2c(=O)[nH]1)CCCC3. The van der Waals surface area contributed by atoms with Crippen molar-refractivity contribution in [1.82, 2.24) is 9.97 Å². The quantitative estimate of drug-likeness (QED) is 0.662. The Kier molecular flexibility index (Phi) is 5.41. The van der Waals surface area contributed by atoms with Crippen molar-refractivity contribution >= 4 is 21.6 Å². The van der Waals surface area contributed by atoms with Gasteiger partial charge in [0, 0.05) is 10.4 Å². The summed E-state index contributed by atoms with van der Waals surface area (Å²) in [6.07, 6.45) is 4.32. The standard InChI is InChI=1S/C20H21F2N3O2S/c1-25(10-12-6-8-13(9-7-12)27-20(21)22)11-16-23-18(26)17-14-4-2-3-5-15(14)28-19(17)24-16/h6-9,20H,2-5,10-11H2,1H3,(H,23,24,26)/p+1. The molecule has 0 fully saturated rings. The second kappa shape index (κ2) is 7.97. The van der Waals surface area contributed by atoms with Gasteiger partial charge < -0.3 is 14.6 Å². The van der Waals surface area contributed by atoms with Crippen molar-refractivity contribution in [3.63, 3.8) is 0 Å². The molecule has 0 radical (unpaired) electrons. The summed E-state index contributed by atoms with van der Waals surface area (Å²) in [5.41, 5.74) is 2.15. The van der Waals surface area contributed by atoms with Crippen molar-refractivity contribution in [1.29, 1.82) is 0 Å². The Labute approximate surface area is 165 Å². The van der Waals surface area contributed by atoms with Crippen molar-refractivity contribution in [2.75, 3.05) is 7.05 Å². The Morgan fingerprint density at radius 3 is 2.71 bits per heavy atom. The number of alkyl halides is 2. The lowest BCUT2D eigenvalue weighted by Crippen LogP contribution is -3.06. The van der Waals surface area contributed by atoms with Crippen LogP contribution in [-0.4, -0.2) is 23.6 Å². The van der Waals surface area contributed by atoms with Gasteiger partial charge in [0.15, 0.2) is 5.82 Å². The number of aromatic nitrogens is 2. The van der Waals surface area contributed by atoms with E-state index < -0.39 is 6.61 Å². The molecular weight excluding hydrogens is 384 g/mol. The van der Waals surface area contributed by atoms with Crippen molar-refractivity contribution < 1.29 is 18.4 Å². The average molecular weight is 406 g/mol. The summed E-state index contributed by atoms with van der Waals surface area (Å²) in [6, 6.07) is 6.62. The minimum absolute atomic E-state index is 0.0410. The van der Waals surface area contributed by atoms with E-state index in [1.54, 1.807) is 23.5 Å². The molecule has 2 aromatic heterocycles. The zero-order valence-corrected chi connectivity index (χ0v) is 16.4. The van der Waals surface area contributed by atoms with Crippen LogP contribution in [0.2, 0.25) is 0 Å². The molecule has 0 saturated carbocycles. The van der Waals surface area contributed by atoms with Gasteiger partial charge in [0.05, 0.1) is 12.4 Å². The number of nitrogens with one attached hydrogen (secondary N) is 2. The number of benzene rings is 1. The maximum absolute atomic E-state index is 12.6. The van der Waals surface area contributed by atoms with Crippen molar-refractivity contribution in [3.05, 3.63) is 56.4 Å².